The lowest BCUT2D eigenvalue weighted by atomic mass is 10.2. The molecule has 0 aliphatic carbocycles. The molecule has 6 nitrogen and oxygen atoms in total. The average molecular weight is 281 g/mol. The Kier molecular flexibility index (Phi) is 10.4. The first kappa shape index (κ1) is 17.7. The monoisotopic (exact) mass is 281 g/mol. The van der Waals surface area contributed by atoms with Gasteiger partial charge in [0.25, 0.3) is 0 Å². The van der Waals surface area contributed by atoms with Crippen LogP contribution < -0.4 is 5.73 Å². The standard InChI is InChI=1S/C11H23NO5S/c1-8(5-16-2)17-6-9(13)7-18-4-3-10(12)11(14)15/h8-10,13H,3-7,12H2,1-2H3,(H,14,15). The van der Waals surface area contributed by atoms with Crippen LogP contribution in [-0.2, 0) is 14.3 Å². The van der Waals surface area contributed by atoms with Gasteiger partial charge in [0.1, 0.15) is 6.04 Å². The molecule has 18 heavy (non-hydrogen) atoms. The van der Waals surface area contributed by atoms with Crippen LogP contribution in [0.2, 0.25) is 0 Å². The van der Waals surface area contributed by atoms with Crippen molar-refractivity contribution in [2.45, 2.75) is 31.6 Å². The van der Waals surface area contributed by atoms with Crippen LogP contribution in [0, 0.1) is 0 Å². The Balaban J connectivity index is 3.47. The first-order chi connectivity index (χ1) is 8.47. The zero-order valence-electron chi connectivity index (χ0n) is 10.9. The molecule has 0 radical (unpaired) electrons. The van der Waals surface area contributed by atoms with Crippen LogP contribution in [0.1, 0.15) is 13.3 Å². The Morgan fingerprint density at radius 2 is 2.11 bits per heavy atom. The van der Waals surface area contributed by atoms with E-state index in [1.807, 2.05) is 6.92 Å². The molecular formula is C11H23NO5S. The fourth-order valence-corrected chi connectivity index (χ4v) is 2.11. The number of carbonyl (C=O) groups is 1. The number of thioether (sulfide) groups is 1. The third-order valence-electron chi connectivity index (χ3n) is 2.18. The number of methoxy groups -OCH3 is 1. The lowest BCUT2D eigenvalue weighted by molar-refractivity contribution is -0.138. The Morgan fingerprint density at radius 3 is 2.67 bits per heavy atom. The molecule has 0 aliphatic heterocycles. The average Bonchev–Trinajstić information content (AvgIpc) is 2.32. The SMILES string of the molecule is COCC(C)OCC(O)CSCCC(N)C(=O)O. The number of ether oxygens (including phenoxy) is 2. The molecule has 4 N–H and O–H groups in total. The molecule has 3 atom stereocenters. The highest BCUT2D eigenvalue weighted by Crippen LogP contribution is 2.07. The van der Waals surface area contributed by atoms with Crippen LogP contribution >= 0.6 is 11.8 Å². The number of aliphatic hydroxyl groups is 1. The molecule has 0 fully saturated rings. The number of hydrogen-bond donors (Lipinski definition) is 3. The summed E-state index contributed by atoms with van der Waals surface area (Å²) in [6.45, 7) is 2.62. The maximum Gasteiger partial charge on any atom is 0.320 e. The van der Waals surface area contributed by atoms with Crippen LogP contribution in [0.5, 0.6) is 0 Å². The normalized spacial score (nSPS) is 16.2. The van der Waals surface area contributed by atoms with E-state index >= 15 is 0 Å². The number of hydrogen-bond acceptors (Lipinski definition) is 6. The third kappa shape index (κ3) is 9.67. The van der Waals surface area contributed by atoms with Gasteiger partial charge < -0.3 is 25.4 Å². The minimum Gasteiger partial charge on any atom is -0.480 e. The second kappa shape index (κ2) is 10.6. The second-order valence-corrected chi connectivity index (χ2v) is 5.21. The summed E-state index contributed by atoms with van der Waals surface area (Å²) in [6.07, 6.45) is -0.210. The van der Waals surface area contributed by atoms with E-state index in [2.05, 4.69) is 0 Å². The Labute approximate surface area is 112 Å². The summed E-state index contributed by atoms with van der Waals surface area (Å²) in [5, 5.41) is 18.2. The molecule has 0 aromatic carbocycles. The number of carboxylic acids is 1. The molecular weight excluding hydrogens is 258 g/mol. The van der Waals surface area contributed by atoms with Gasteiger partial charge in [-0.1, -0.05) is 0 Å². The number of carboxylic acid groups (broad SMARTS) is 1. The molecule has 7 heteroatoms. The van der Waals surface area contributed by atoms with Crippen LogP contribution in [0.3, 0.4) is 0 Å². The molecule has 0 spiro atoms. The number of rotatable bonds is 11. The number of aliphatic carboxylic acids is 1. The van der Waals surface area contributed by atoms with Crippen molar-refractivity contribution in [3.8, 4) is 0 Å². The maximum absolute atomic E-state index is 10.5. The van der Waals surface area contributed by atoms with Crippen LogP contribution in [0.25, 0.3) is 0 Å². The van der Waals surface area contributed by atoms with Gasteiger partial charge in [0.05, 0.1) is 25.4 Å². The zero-order valence-corrected chi connectivity index (χ0v) is 11.7. The van der Waals surface area contributed by atoms with Crippen molar-refractivity contribution in [3.05, 3.63) is 0 Å². The van der Waals surface area contributed by atoms with Gasteiger partial charge in [-0.15, -0.1) is 0 Å². The largest absolute Gasteiger partial charge is 0.480 e. The van der Waals surface area contributed by atoms with E-state index in [1.54, 1.807) is 7.11 Å². The zero-order chi connectivity index (χ0) is 14.0. The van der Waals surface area contributed by atoms with Crippen LogP contribution in [0.4, 0.5) is 0 Å². The number of aliphatic hydroxyl groups excluding tert-OH is 1. The molecule has 0 aromatic heterocycles. The minimum absolute atomic E-state index is 0.0462. The lowest BCUT2D eigenvalue weighted by Crippen LogP contribution is -2.30. The molecule has 0 bridgehead atoms. The van der Waals surface area contributed by atoms with Gasteiger partial charge >= 0.3 is 5.97 Å². The molecule has 108 valence electrons. The summed E-state index contributed by atoms with van der Waals surface area (Å²) in [4.78, 5) is 10.5. The van der Waals surface area contributed by atoms with Crippen molar-refractivity contribution in [3.63, 3.8) is 0 Å². The van der Waals surface area contributed by atoms with E-state index in [-0.39, 0.29) is 12.7 Å². The van der Waals surface area contributed by atoms with Crippen LogP contribution in [0.15, 0.2) is 0 Å². The fourth-order valence-electron chi connectivity index (χ4n) is 1.16. The highest BCUT2D eigenvalue weighted by Gasteiger charge is 2.12. The van der Waals surface area contributed by atoms with Crippen LogP contribution in [-0.4, -0.2) is 66.3 Å². The van der Waals surface area contributed by atoms with Gasteiger partial charge in [0.15, 0.2) is 0 Å². The first-order valence-electron chi connectivity index (χ1n) is 5.82. The van der Waals surface area contributed by atoms with Gasteiger partial charge in [-0.2, -0.15) is 11.8 Å². The van der Waals surface area contributed by atoms with Gasteiger partial charge in [0, 0.05) is 12.9 Å². The summed E-state index contributed by atoms with van der Waals surface area (Å²) >= 11 is 1.47. The second-order valence-electron chi connectivity index (χ2n) is 4.06. The van der Waals surface area contributed by atoms with E-state index in [4.69, 9.17) is 20.3 Å². The Morgan fingerprint density at radius 1 is 1.44 bits per heavy atom. The molecule has 3 unspecified atom stereocenters. The van der Waals surface area contributed by atoms with Crippen molar-refractivity contribution in [2.24, 2.45) is 5.73 Å². The van der Waals surface area contributed by atoms with Gasteiger partial charge in [-0.05, 0) is 19.1 Å². The highest BCUT2D eigenvalue weighted by atomic mass is 32.2. The van der Waals surface area contributed by atoms with E-state index < -0.39 is 18.1 Å². The molecule has 0 saturated carbocycles. The van der Waals surface area contributed by atoms with Crippen molar-refractivity contribution < 1.29 is 24.5 Å². The molecule has 0 rings (SSSR count). The Bertz CT molecular complexity index is 229. The predicted molar refractivity (Wildman–Crippen MR) is 70.9 cm³/mol. The smallest absolute Gasteiger partial charge is 0.320 e. The summed E-state index contributed by atoms with van der Waals surface area (Å²) in [5.41, 5.74) is 5.35. The lowest BCUT2D eigenvalue weighted by Gasteiger charge is -2.15. The quantitative estimate of drug-likeness (QED) is 0.456. The van der Waals surface area contributed by atoms with Crippen molar-refractivity contribution >= 4 is 17.7 Å². The first-order valence-corrected chi connectivity index (χ1v) is 6.97. The topological polar surface area (TPSA) is 102 Å². The molecule has 0 saturated heterocycles. The van der Waals surface area contributed by atoms with E-state index in [1.165, 1.54) is 11.8 Å². The summed E-state index contributed by atoms with van der Waals surface area (Å²) in [5.74, 6) is 0.123. The van der Waals surface area contributed by atoms with E-state index in [0.29, 0.717) is 24.5 Å². The molecule has 0 amide bonds. The molecule has 0 heterocycles. The van der Waals surface area contributed by atoms with Gasteiger partial charge in [-0.25, -0.2) is 0 Å². The van der Waals surface area contributed by atoms with Crippen molar-refractivity contribution in [1.82, 2.24) is 0 Å². The summed E-state index contributed by atoms with van der Waals surface area (Å²) in [7, 11) is 1.60. The highest BCUT2D eigenvalue weighted by molar-refractivity contribution is 7.99. The summed E-state index contributed by atoms with van der Waals surface area (Å²) in [6, 6.07) is -0.826. The van der Waals surface area contributed by atoms with Crippen molar-refractivity contribution in [2.75, 3.05) is 31.8 Å². The number of nitrogens with two attached hydrogens (primary N) is 1. The predicted octanol–water partition coefficient (Wildman–Crippen LogP) is -0.0660. The third-order valence-corrected chi connectivity index (χ3v) is 3.32. The Hall–Kier alpha value is -0.340. The minimum atomic E-state index is -0.993. The maximum atomic E-state index is 10.5. The van der Waals surface area contributed by atoms with Crippen molar-refractivity contribution in [1.29, 1.82) is 0 Å². The summed E-state index contributed by atoms with van der Waals surface area (Å²) < 4.78 is 10.3. The van der Waals surface area contributed by atoms with E-state index in [9.17, 15) is 9.90 Å². The molecule has 0 aliphatic rings. The fraction of sp³-hybridized carbons (Fsp3) is 0.909. The molecule has 0 aromatic rings. The van der Waals surface area contributed by atoms with E-state index in [0.717, 1.165) is 0 Å². The van der Waals surface area contributed by atoms with Gasteiger partial charge in [0.2, 0.25) is 0 Å². The van der Waals surface area contributed by atoms with Gasteiger partial charge in [-0.3, -0.25) is 4.79 Å².